The summed E-state index contributed by atoms with van der Waals surface area (Å²) in [6.07, 6.45) is -2.95. The van der Waals surface area contributed by atoms with E-state index >= 15 is 0 Å². The Kier molecular flexibility index (Phi) is 12.3. The third kappa shape index (κ3) is 6.81. The number of nitrogens with one attached hydrogen (secondary N) is 2. The molecule has 2 unspecified atom stereocenters. The fourth-order valence-corrected chi connectivity index (χ4v) is 7.19. The summed E-state index contributed by atoms with van der Waals surface area (Å²) < 4.78 is 0.830. The summed E-state index contributed by atoms with van der Waals surface area (Å²) in [6, 6.07) is 0. The second-order valence-corrected chi connectivity index (χ2v) is 9.31. The van der Waals surface area contributed by atoms with Crippen LogP contribution in [0.5, 0.6) is 0 Å². The first-order valence-corrected chi connectivity index (χ1v) is 12.0. The number of aliphatic hydroxyl groups is 5. The SMILES string of the molecule is CNC(=O)c1c(I)c(C(=O)NCC(O)CO)c(I)c(N(CCO)C(=O)C(O)CO)c1I. The predicted octanol–water partition coefficient (Wildman–Crippen LogP) is -1.38. The molecule has 3 amide bonds. The number of nitrogens with zero attached hydrogens (tertiary/aromatic N) is 1. The van der Waals surface area contributed by atoms with E-state index in [0.717, 1.165) is 4.90 Å². The highest BCUT2D eigenvalue weighted by Gasteiger charge is 2.33. The molecule has 1 aromatic rings. The second-order valence-electron chi connectivity index (χ2n) is 6.08. The van der Waals surface area contributed by atoms with E-state index in [1.54, 1.807) is 0 Å². The van der Waals surface area contributed by atoms with E-state index in [1.807, 2.05) is 67.8 Å². The number of anilines is 1. The molecule has 0 radical (unpaired) electrons. The van der Waals surface area contributed by atoms with Crippen molar-refractivity contribution in [2.75, 3.05) is 44.9 Å². The van der Waals surface area contributed by atoms with Gasteiger partial charge in [-0.3, -0.25) is 14.4 Å². The first-order chi connectivity index (χ1) is 14.6. The highest BCUT2D eigenvalue weighted by molar-refractivity contribution is 14.1. The quantitative estimate of drug-likeness (QED) is 0.142. The summed E-state index contributed by atoms with van der Waals surface area (Å²) in [7, 11) is 1.40. The van der Waals surface area contributed by atoms with E-state index < -0.39 is 49.8 Å². The van der Waals surface area contributed by atoms with Crippen molar-refractivity contribution in [2.45, 2.75) is 12.2 Å². The molecule has 0 saturated heterocycles. The summed E-state index contributed by atoms with van der Waals surface area (Å²) in [5.74, 6) is -2.11. The van der Waals surface area contributed by atoms with Crippen LogP contribution >= 0.6 is 67.8 Å². The van der Waals surface area contributed by atoms with Gasteiger partial charge in [0.2, 0.25) is 0 Å². The van der Waals surface area contributed by atoms with Crippen molar-refractivity contribution >= 4 is 91.2 Å². The number of hydrogen-bond acceptors (Lipinski definition) is 8. The van der Waals surface area contributed by atoms with E-state index in [0.29, 0.717) is 3.57 Å². The summed E-state index contributed by atoms with van der Waals surface area (Å²) in [5.41, 5.74) is 0.246. The molecule has 31 heavy (non-hydrogen) atoms. The number of carbonyl (C=O) groups excluding carboxylic acids is 3. The zero-order valence-electron chi connectivity index (χ0n) is 16.2. The van der Waals surface area contributed by atoms with Crippen molar-refractivity contribution < 1.29 is 39.9 Å². The van der Waals surface area contributed by atoms with Crippen LogP contribution in [0.3, 0.4) is 0 Å². The average Bonchev–Trinajstić information content (AvgIpc) is 2.75. The molecule has 0 aromatic heterocycles. The highest BCUT2D eigenvalue weighted by Crippen LogP contribution is 2.38. The minimum absolute atomic E-state index is 0.0367. The van der Waals surface area contributed by atoms with Crippen LogP contribution < -0.4 is 15.5 Å². The summed E-state index contributed by atoms with van der Waals surface area (Å²) in [6.45, 7) is -2.41. The third-order valence-corrected chi connectivity index (χ3v) is 7.18. The van der Waals surface area contributed by atoms with Gasteiger partial charge in [-0.25, -0.2) is 0 Å². The van der Waals surface area contributed by atoms with Gasteiger partial charge in [-0.15, -0.1) is 0 Å². The van der Waals surface area contributed by atoms with Gasteiger partial charge in [0.15, 0.2) is 6.10 Å². The number of carbonyl (C=O) groups is 3. The number of hydrogen-bond donors (Lipinski definition) is 7. The Morgan fingerprint density at radius 1 is 0.935 bits per heavy atom. The second kappa shape index (κ2) is 13.4. The molecular formula is C17H22I3N3O8. The number of rotatable bonds is 10. The first-order valence-electron chi connectivity index (χ1n) is 8.77. The number of aliphatic hydroxyl groups excluding tert-OH is 5. The Hall–Kier alpha value is -0.380. The maximum atomic E-state index is 12.9. The van der Waals surface area contributed by atoms with Crippen LogP contribution in [0.1, 0.15) is 20.7 Å². The third-order valence-electron chi connectivity index (χ3n) is 4.00. The lowest BCUT2D eigenvalue weighted by Gasteiger charge is -2.28. The van der Waals surface area contributed by atoms with Crippen LogP contribution in [0, 0.1) is 10.7 Å². The van der Waals surface area contributed by atoms with Gasteiger partial charge in [0, 0.05) is 23.7 Å². The van der Waals surface area contributed by atoms with Crippen molar-refractivity contribution in [1.29, 1.82) is 0 Å². The van der Waals surface area contributed by atoms with E-state index in [9.17, 15) is 34.8 Å². The van der Waals surface area contributed by atoms with Crippen molar-refractivity contribution in [3.05, 3.63) is 21.8 Å². The van der Waals surface area contributed by atoms with Crippen molar-refractivity contribution in [1.82, 2.24) is 10.6 Å². The van der Waals surface area contributed by atoms with Crippen molar-refractivity contribution in [3.63, 3.8) is 0 Å². The van der Waals surface area contributed by atoms with Gasteiger partial charge in [-0.2, -0.15) is 0 Å². The molecule has 0 bridgehead atoms. The standard InChI is InChI=1S/C17H22I3N3O8/c1-21-15(29)9-11(18)10(16(30)22-4-7(27)5-25)13(20)14(12(9)19)23(2-3-24)17(31)8(28)6-26/h7-8,24-28H,2-6H2,1H3,(H,21,29)(H,22,30). The van der Waals surface area contributed by atoms with Crippen LogP contribution in [0.25, 0.3) is 0 Å². The zero-order valence-corrected chi connectivity index (χ0v) is 22.7. The van der Waals surface area contributed by atoms with E-state index in [2.05, 4.69) is 10.6 Å². The molecular weight excluding hydrogens is 755 g/mol. The summed E-state index contributed by atoms with van der Waals surface area (Å²) in [5, 5.41) is 51.9. The van der Waals surface area contributed by atoms with Gasteiger partial charge in [0.25, 0.3) is 17.7 Å². The maximum absolute atomic E-state index is 12.9. The molecule has 0 aliphatic carbocycles. The van der Waals surface area contributed by atoms with Crippen LogP contribution in [0.15, 0.2) is 0 Å². The normalized spacial score (nSPS) is 12.8. The smallest absolute Gasteiger partial charge is 0.258 e. The molecule has 1 aromatic carbocycles. The zero-order chi connectivity index (χ0) is 23.9. The Balaban J connectivity index is 3.79. The molecule has 7 N–H and O–H groups in total. The van der Waals surface area contributed by atoms with E-state index in [4.69, 9.17) is 5.11 Å². The minimum atomic E-state index is -1.77. The molecule has 0 aliphatic rings. The van der Waals surface area contributed by atoms with Crippen molar-refractivity contribution in [2.24, 2.45) is 0 Å². The molecule has 174 valence electrons. The number of amides is 3. The Morgan fingerprint density at radius 2 is 1.48 bits per heavy atom. The predicted molar refractivity (Wildman–Crippen MR) is 136 cm³/mol. The lowest BCUT2D eigenvalue weighted by Crippen LogP contribution is -2.44. The fraction of sp³-hybridized carbons (Fsp3) is 0.471. The monoisotopic (exact) mass is 777 g/mol. The average molecular weight is 777 g/mol. The molecule has 2 atom stereocenters. The molecule has 0 heterocycles. The number of benzene rings is 1. The van der Waals surface area contributed by atoms with E-state index in [1.165, 1.54) is 7.05 Å². The Morgan fingerprint density at radius 3 is 1.94 bits per heavy atom. The molecule has 0 spiro atoms. The lowest BCUT2D eigenvalue weighted by molar-refractivity contribution is -0.128. The Labute approximate surface area is 219 Å². The van der Waals surface area contributed by atoms with Gasteiger partial charge in [0.05, 0.1) is 49.9 Å². The molecule has 0 aliphatic heterocycles. The Bertz CT molecular complexity index is 840. The lowest BCUT2D eigenvalue weighted by atomic mass is 10.1. The summed E-state index contributed by atoms with van der Waals surface area (Å²) in [4.78, 5) is 39.1. The van der Waals surface area contributed by atoms with Crippen LogP contribution in [0.4, 0.5) is 5.69 Å². The van der Waals surface area contributed by atoms with Gasteiger partial charge >= 0.3 is 0 Å². The fourth-order valence-electron chi connectivity index (χ4n) is 2.47. The van der Waals surface area contributed by atoms with E-state index in [-0.39, 0.29) is 37.0 Å². The molecule has 0 saturated carbocycles. The molecule has 1 rings (SSSR count). The highest BCUT2D eigenvalue weighted by atomic mass is 127. The van der Waals surface area contributed by atoms with Crippen LogP contribution in [-0.4, -0.2) is 95.4 Å². The van der Waals surface area contributed by atoms with Crippen LogP contribution in [0.2, 0.25) is 0 Å². The van der Waals surface area contributed by atoms with Gasteiger partial charge in [-0.1, -0.05) is 0 Å². The molecule has 14 heteroatoms. The first kappa shape index (κ1) is 28.7. The minimum Gasteiger partial charge on any atom is -0.395 e. The summed E-state index contributed by atoms with van der Waals surface area (Å²) >= 11 is 5.48. The van der Waals surface area contributed by atoms with Gasteiger partial charge in [0.1, 0.15) is 0 Å². The molecule has 0 fully saturated rings. The van der Waals surface area contributed by atoms with Gasteiger partial charge in [-0.05, 0) is 67.8 Å². The van der Waals surface area contributed by atoms with Crippen molar-refractivity contribution in [3.8, 4) is 0 Å². The van der Waals surface area contributed by atoms with Crippen LogP contribution in [-0.2, 0) is 4.79 Å². The molecule has 11 nitrogen and oxygen atoms in total. The topological polar surface area (TPSA) is 180 Å². The number of halogens is 3. The maximum Gasteiger partial charge on any atom is 0.258 e. The largest absolute Gasteiger partial charge is 0.395 e. The van der Waals surface area contributed by atoms with Gasteiger partial charge < -0.3 is 41.1 Å².